The van der Waals surface area contributed by atoms with E-state index in [2.05, 4.69) is 40.7 Å². The number of aliphatic imine (C=N–C) groups is 1. The minimum absolute atomic E-state index is 0. The van der Waals surface area contributed by atoms with Gasteiger partial charge in [-0.05, 0) is 18.9 Å². The zero-order valence-corrected chi connectivity index (χ0v) is 16.5. The van der Waals surface area contributed by atoms with Crippen molar-refractivity contribution in [1.29, 1.82) is 0 Å². The molecule has 24 heavy (non-hydrogen) atoms. The lowest BCUT2D eigenvalue weighted by Gasteiger charge is -2.25. The van der Waals surface area contributed by atoms with E-state index in [1.165, 1.54) is 16.0 Å². The van der Waals surface area contributed by atoms with Crippen LogP contribution in [0.1, 0.15) is 30.4 Å². The standard InChI is InChI=1S/C17H24N4O2.HI/c1-13-5-3-6-14(11-13)12-20-17(18-2)19-9-10-21-15(22)7-4-8-16(21)23;/h3,5-6,11H,4,7-10,12H2,1-2H3,(H2,18,19,20);1H. The Labute approximate surface area is 160 Å². The fourth-order valence-electron chi connectivity index (χ4n) is 2.56. The number of carbonyl (C=O) groups excluding carboxylic acids is 2. The van der Waals surface area contributed by atoms with Gasteiger partial charge in [-0.15, -0.1) is 24.0 Å². The molecule has 1 saturated heterocycles. The van der Waals surface area contributed by atoms with Crippen LogP contribution >= 0.6 is 24.0 Å². The first kappa shape index (κ1) is 20.4. The summed E-state index contributed by atoms with van der Waals surface area (Å²) in [6.07, 6.45) is 1.60. The van der Waals surface area contributed by atoms with Crippen molar-refractivity contribution in [2.24, 2.45) is 4.99 Å². The number of carbonyl (C=O) groups is 2. The highest BCUT2D eigenvalue weighted by atomic mass is 127. The van der Waals surface area contributed by atoms with Crippen LogP contribution in [0.15, 0.2) is 29.3 Å². The lowest BCUT2D eigenvalue weighted by atomic mass is 10.1. The maximum absolute atomic E-state index is 11.7. The molecular formula is C17H25IN4O2. The monoisotopic (exact) mass is 444 g/mol. The number of piperidine rings is 1. The number of hydrogen-bond donors (Lipinski definition) is 2. The molecular weight excluding hydrogens is 419 g/mol. The first-order valence-electron chi connectivity index (χ1n) is 7.93. The molecule has 0 radical (unpaired) electrons. The van der Waals surface area contributed by atoms with Crippen LogP contribution in [0, 0.1) is 6.92 Å². The minimum atomic E-state index is -0.0780. The molecule has 0 atom stereocenters. The van der Waals surface area contributed by atoms with E-state index >= 15 is 0 Å². The zero-order chi connectivity index (χ0) is 16.7. The van der Waals surface area contributed by atoms with Gasteiger partial charge >= 0.3 is 0 Å². The second-order valence-electron chi connectivity index (χ2n) is 5.63. The van der Waals surface area contributed by atoms with E-state index in [0.717, 1.165) is 0 Å². The van der Waals surface area contributed by atoms with E-state index in [-0.39, 0.29) is 35.8 Å². The average molecular weight is 444 g/mol. The van der Waals surface area contributed by atoms with Crippen LogP contribution < -0.4 is 10.6 Å². The quantitative estimate of drug-likeness (QED) is 0.315. The van der Waals surface area contributed by atoms with Gasteiger partial charge in [-0.1, -0.05) is 29.8 Å². The molecule has 1 fully saturated rings. The molecule has 0 aromatic heterocycles. The molecule has 1 aromatic carbocycles. The van der Waals surface area contributed by atoms with Gasteiger partial charge in [0.2, 0.25) is 11.8 Å². The number of guanidine groups is 1. The molecule has 2 rings (SSSR count). The predicted molar refractivity (Wildman–Crippen MR) is 105 cm³/mol. The van der Waals surface area contributed by atoms with Gasteiger partial charge in [0.25, 0.3) is 0 Å². The van der Waals surface area contributed by atoms with Crippen molar-refractivity contribution in [2.45, 2.75) is 32.7 Å². The van der Waals surface area contributed by atoms with E-state index in [4.69, 9.17) is 0 Å². The summed E-state index contributed by atoms with van der Waals surface area (Å²) in [7, 11) is 1.70. The van der Waals surface area contributed by atoms with E-state index in [1.54, 1.807) is 7.05 Å². The van der Waals surface area contributed by atoms with Crippen LogP contribution in [0.5, 0.6) is 0 Å². The molecule has 1 heterocycles. The molecule has 1 aliphatic rings. The third-order valence-electron chi connectivity index (χ3n) is 3.78. The Morgan fingerprint density at radius 2 is 1.92 bits per heavy atom. The molecule has 0 aliphatic carbocycles. The lowest BCUT2D eigenvalue weighted by Crippen LogP contribution is -2.46. The Hall–Kier alpha value is -1.64. The number of hydrogen-bond acceptors (Lipinski definition) is 3. The fourth-order valence-corrected chi connectivity index (χ4v) is 2.56. The molecule has 6 nitrogen and oxygen atoms in total. The number of rotatable bonds is 5. The SMILES string of the molecule is CN=C(NCCN1C(=O)CCCC1=O)NCc1cccc(C)c1.I. The smallest absolute Gasteiger partial charge is 0.229 e. The van der Waals surface area contributed by atoms with Crippen molar-refractivity contribution in [3.63, 3.8) is 0 Å². The number of nitrogens with one attached hydrogen (secondary N) is 2. The Morgan fingerprint density at radius 3 is 2.54 bits per heavy atom. The van der Waals surface area contributed by atoms with Gasteiger partial charge in [-0.2, -0.15) is 0 Å². The van der Waals surface area contributed by atoms with E-state index < -0.39 is 0 Å². The van der Waals surface area contributed by atoms with Crippen LogP contribution in [0.25, 0.3) is 0 Å². The number of aryl methyl sites for hydroxylation is 1. The Morgan fingerprint density at radius 1 is 1.21 bits per heavy atom. The van der Waals surface area contributed by atoms with Crippen LogP contribution in [-0.2, 0) is 16.1 Å². The third-order valence-corrected chi connectivity index (χ3v) is 3.78. The zero-order valence-electron chi connectivity index (χ0n) is 14.2. The minimum Gasteiger partial charge on any atom is -0.355 e. The maximum Gasteiger partial charge on any atom is 0.229 e. The molecule has 0 spiro atoms. The summed E-state index contributed by atoms with van der Waals surface area (Å²) >= 11 is 0. The van der Waals surface area contributed by atoms with Gasteiger partial charge in [0.1, 0.15) is 0 Å². The summed E-state index contributed by atoms with van der Waals surface area (Å²) in [5.74, 6) is 0.500. The predicted octanol–water partition coefficient (Wildman–Crippen LogP) is 1.82. The Balaban J connectivity index is 0.00000288. The summed E-state index contributed by atoms with van der Waals surface area (Å²) in [4.78, 5) is 28.9. The molecule has 0 unspecified atom stereocenters. The highest BCUT2D eigenvalue weighted by Gasteiger charge is 2.25. The van der Waals surface area contributed by atoms with Crippen molar-refractivity contribution < 1.29 is 9.59 Å². The van der Waals surface area contributed by atoms with Crippen molar-refractivity contribution >= 4 is 41.8 Å². The van der Waals surface area contributed by atoms with Crippen molar-refractivity contribution in [3.8, 4) is 0 Å². The normalized spacial score (nSPS) is 15.1. The van der Waals surface area contributed by atoms with Crippen LogP contribution in [-0.4, -0.2) is 42.8 Å². The largest absolute Gasteiger partial charge is 0.355 e. The van der Waals surface area contributed by atoms with Crippen molar-refractivity contribution in [1.82, 2.24) is 15.5 Å². The van der Waals surface area contributed by atoms with Gasteiger partial charge in [-0.25, -0.2) is 0 Å². The van der Waals surface area contributed by atoms with Gasteiger partial charge in [-0.3, -0.25) is 19.5 Å². The molecule has 2 N–H and O–H groups in total. The number of imide groups is 1. The van der Waals surface area contributed by atoms with Crippen LogP contribution in [0.2, 0.25) is 0 Å². The molecule has 2 amide bonds. The first-order valence-corrected chi connectivity index (χ1v) is 7.93. The number of amides is 2. The highest BCUT2D eigenvalue weighted by molar-refractivity contribution is 14.0. The number of nitrogens with zero attached hydrogens (tertiary/aromatic N) is 2. The van der Waals surface area contributed by atoms with Crippen molar-refractivity contribution in [2.75, 3.05) is 20.1 Å². The second kappa shape index (κ2) is 10.3. The van der Waals surface area contributed by atoms with Gasteiger partial charge in [0.05, 0.1) is 0 Å². The fraction of sp³-hybridized carbons (Fsp3) is 0.471. The molecule has 132 valence electrons. The van der Waals surface area contributed by atoms with Crippen LogP contribution in [0.4, 0.5) is 0 Å². The van der Waals surface area contributed by atoms with E-state index in [0.29, 0.717) is 44.9 Å². The number of halogens is 1. The second-order valence-corrected chi connectivity index (χ2v) is 5.63. The van der Waals surface area contributed by atoms with Gasteiger partial charge < -0.3 is 10.6 Å². The summed E-state index contributed by atoms with van der Waals surface area (Å²) in [5.41, 5.74) is 2.39. The van der Waals surface area contributed by atoms with Crippen LogP contribution in [0.3, 0.4) is 0 Å². The summed E-state index contributed by atoms with van der Waals surface area (Å²) in [6, 6.07) is 8.25. The molecule has 1 aromatic rings. The van der Waals surface area contributed by atoms with E-state index in [9.17, 15) is 9.59 Å². The highest BCUT2D eigenvalue weighted by Crippen LogP contribution is 2.11. The summed E-state index contributed by atoms with van der Waals surface area (Å²) in [6.45, 7) is 3.60. The molecule has 0 saturated carbocycles. The molecule has 7 heteroatoms. The summed E-state index contributed by atoms with van der Waals surface area (Å²) < 4.78 is 0. The Kier molecular flexibility index (Phi) is 8.73. The first-order chi connectivity index (χ1) is 11.1. The van der Waals surface area contributed by atoms with Gasteiger partial charge in [0, 0.05) is 39.5 Å². The van der Waals surface area contributed by atoms with Gasteiger partial charge in [0.15, 0.2) is 5.96 Å². The third kappa shape index (κ3) is 6.10. The van der Waals surface area contributed by atoms with E-state index in [1.807, 2.05) is 6.07 Å². The molecule has 1 aliphatic heterocycles. The van der Waals surface area contributed by atoms with Crippen molar-refractivity contribution in [3.05, 3.63) is 35.4 Å². The number of benzene rings is 1. The summed E-state index contributed by atoms with van der Waals surface area (Å²) in [5, 5.41) is 6.36. The molecule has 0 bridgehead atoms. The Bertz CT molecular complexity index is 588. The number of likely N-dealkylation sites (tertiary alicyclic amines) is 1. The average Bonchev–Trinajstić information content (AvgIpc) is 2.53. The lowest BCUT2D eigenvalue weighted by molar-refractivity contribution is -0.147. The topological polar surface area (TPSA) is 73.8 Å². The maximum atomic E-state index is 11.7.